The number of piperidine rings is 1. The van der Waals surface area contributed by atoms with Gasteiger partial charge in [0.05, 0.1) is 16.7 Å². The molecule has 9 heteroatoms. The summed E-state index contributed by atoms with van der Waals surface area (Å²) in [5.74, 6) is 1.68. The van der Waals surface area contributed by atoms with Gasteiger partial charge < -0.3 is 24.9 Å². The number of nitro groups is 1. The second-order valence-corrected chi connectivity index (χ2v) is 9.61. The number of fused-ring (bicyclic) bond motifs is 1. The molecule has 3 aromatic rings. The second-order valence-electron chi connectivity index (χ2n) is 9.61. The van der Waals surface area contributed by atoms with Gasteiger partial charge in [0.2, 0.25) is 0 Å². The van der Waals surface area contributed by atoms with Gasteiger partial charge in [-0.2, -0.15) is 0 Å². The van der Waals surface area contributed by atoms with Crippen molar-refractivity contribution in [2.45, 2.75) is 57.7 Å². The zero-order chi connectivity index (χ0) is 24.5. The number of nitrogens with one attached hydrogen (secondary N) is 2. The minimum Gasteiger partial charge on any atom is -0.377 e. The summed E-state index contributed by atoms with van der Waals surface area (Å²) in [7, 11) is 2.04. The van der Waals surface area contributed by atoms with Crippen LogP contribution in [0.2, 0.25) is 0 Å². The van der Waals surface area contributed by atoms with Gasteiger partial charge in [-0.25, -0.2) is 4.98 Å². The molecule has 0 bridgehead atoms. The van der Waals surface area contributed by atoms with Crippen molar-refractivity contribution in [1.82, 2.24) is 9.97 Å². The number of carbonyl (C=O) groups is 1. The quantitative estimate of drug-likeness (QED) is 0.281. The molecule has 34 heavy (non-hydrogen) atoms. The summed E-state index contributed by atoms with van der Waals surface area (Å²) < 4.78 is 0. The van der Waals surface area contributed by atoms with E-state index in [1.54, 1.807) is 18.3 Å². The fraction of sp³-hybridized carbons (Fsp3) is 0.440. The van der Waals surface area contributed by atoms with Crippen molar-refractivity contribution in [3.05, 3.63) is 52.7 Å². The number of nitro benzene ring substituents is 1. The van der Waals surface area contributed by atoms with Gasteiger partial charge >= 0.3 is 0 Å². The summed E-state index contributed by atoms with van der Waals surface area (Å²) >= 11 is 0. The van der Waals surface area contributed by atoms with Crippen molar-refractivity contribution in [2.24, 2.45) is 0 Å². The molecule has 2 aromatic heterocycles. The lowest BCUT2D eigenvalue weighted by molar-refractivity contribution is -0.384. The number of hydrogen-bond donors (Lipinski definition) is 2. The van der Waals surface area contributed by atoms with Gasteiger partial charge in [0.25, 0.3) is 5.69 Å². The highest BCUT2D eigenvalue weighted by Gasteiger charge is 2.33. The van der Waals surface area contributed by atoms with Gasteiger partial charge in [0, 0.05) is 54.4 Å². The molecule has 4 rings (SSSR count). The van der Waals surface area contributed by atoms with Gasteiger partial charge in [0.15, 0.2) is 5.82 Å². The molecule has 2 N–H and O–H groups in total. The van der Waals surface area contributed by atoms with Gasteiger partial charge in [-0.15, -0.1) is 0 Å². The van der Waals surface area contributed by atoms with E-state index >= 15 is 0 Å². The summed E-state index contributed by atoms with van der Waals surface area (Å²) in [4.78, 5) is 35.0. The maximum Gasteiger partial charge on any atom is 0.270 e. The third-order valence-electron chi connectivity index (χ3n) is 6.91. The van der Waals surface area contributed by atoms with E-state index in [0.717, 1.165) is 47.4 Å². The first-order valence-corrected chi connectivity index (χ1v) is 11.7. The number of aldehydes is 1. The summed E-state index contributed by atoms with van der Waals surface area (Å²) in [5.41, 5.74) is 1.79. The van der Waals surface area contributed by atoms with Crippen LogP contribution in [0.15, 0.2) is 42.6 Å². The number of nitrogens with zero attached hydrogens (tertiary/aromatic N) is 4. The first-order valence-electron chi connectivity index (χ1n) is 11.7. The zero-order valence-electron chi connectivity index (χ0n) is 20.1. The van der Waals surface area contributed by atoms with Gasteiger partial charge in [0.1, 0.15) is 12.1 Å². The van der Waals surface area contributed by atoms with Crippen molar-refractivity contribution >= 4 is 40.2 Å². The molecular weight excluding hydrogens is 432 g/mol. The third-order valence-corrected chi connectivity index (χ3v) is 6.91. The first kappa shape index (κ1) is 23.5. The molecule has 2 atom stereocenters. The zero-order valence-corrected chi connectivity index (χ0v) is 20.1. The van der Waals surface area contributed by atoms with E-state index < -0.39 is 4.92 Å². The monoisotopic (exact) mass is 464 g/mol. The van der Waals surface area contributed by atoms with E-state index in [2.05, 4.69) is 45.9 Å². The average Bonchev–Trinajstić information content (AvgIpc) is 3.26. The van der Waals surface area contributed by atoms with Crippen LogP contribution in [0.5, 0.6) is 0 Å². The Morgan fingerprint density at radius 2 is 2.15 bits per heavy atom. The molecular formula is C25H32N6O3. The Morgan fingerprint density at radius 3 is 2.85 bits per heavy atom. The van der Waals surface area contributed by atoms with Crippen LogP contribution < -0.4 is 15.1 Å². The number of rotatable bonds is 8. The molecule has 9 nitrogen and oxygen atoms in total. The Hall–Kier alpha value is -3.62. The molecule has 1 aliphatic rings. The van der Waals surface area contributed by atoms with Crippen LogP contribution in [0.3, 0.4) is 0 Å². The molecule has 1 aromatic carbocycles. The van der Waals surface area contributed by atoms with E-state index in [4.69, 9.17) is 0 Å². The number of anilines is 3. The van der Waals surface area contributed by atoms with Crippen LogP contribution in [-0.4, -0.2) is 52.4 Å². The highest BCUT2D eigenvalue weighted by molar-refractivity contribution is 5.86. The fourth-order valence-electron chi connectivity index (χ4n) is 4.53. The van der Waals surface area contributed by atoms with Gasteiger partial charge in [-0.3, -0.25) is 10.1 Å². The molecule has 0 aliphatic carbocycles. The first-order chi connectivity index (χ1) is 16.2. The maximum absolute atomic E-state index is 12.1. The lowest BCUT2D eigenvalue weighted by Crippen LogP contribution is -2.50. The molecule has 0 amide bonds. The number of non-ortho nitro benzene ring substituents is 1. The Labute approximate surface area is 199 Å². The largest absolute Gasteiger partial charge is 0.377 e. The van der Waals surface area contributed by atoms with Crippen LogP contribution in [0.25, 0.3) is 10.9 Å². The molecule has 0 spiro atoms. The number of H-pyrrole nitrogens is 1. The van der Waals surface area contributed by atoms with Crippen molar-refractivity contribution in [1.29, 1.82) is 0 Å². The number of hydrogen-bond acceptors (Lipinski definition) is 7. The minimum atomic E-state index is -0.399. The van der Waals surface area contributed by atoms with Gasteiger partial charge in [-0.1, -0.05) is 6.92 Å². The number of aromatic nitrogens is 2. The summed E-state index contributed by atoms with van der Waals surface area (Å²) in [6.45, 7) is 7.17. The van der Waals surface area contributed by atoms with Crippen molar-refractivity contribution in [3.8, 4) is 0 Å². The molecule has 1 fully saturated rings. The number of carbonyl (C=O) groups excluding carboxylic acids is 1. The van der Waals surface area contributed by atoms with E-state index in [1.165, 1.54) is 6.07 Å². The average molecular weight is 465 g/mol. The molecule has 1 aliphatic heterocycles. The van der Waals surface area contributed by atoms with Crippen molar-refractivity contribution < 1.29 is 9.72 Å². The topological polar surface area (TPSA) is 107 Å². The predicted octanol–water partition coefficient (Wildman–Crippen LogP) is 4.74. The normalized spacial score (nSPS) is 18.6. The van der Waals surface area contributed by atoms with E-state index in [9.17, 15) is 14.9 Å². The third kappa shape index (κ3) is 4.69. The lowest BCUT2D eigenvalue weighted by Gasteiger charge is -2.42. The standard InChI is InChI=1S/C25H32N6O3/c1-5-25(2,3)28-22-7-6-11-26-24(22)29(4)18-10-12-30(20(15-18)16-32)23-14-17-13-19(31(33)34)8-9-21(17)27-23/h6-9,11,13-14,16,18,20,27-28H,5,10,12,15H2,1-4H3. The van der Waals surface area contributed by atoms with Crippen LogP contribution in [0.4, 0.5) is 23.0 Å². The molecule has 1 saturated heterocycles. The van der Waals surface area contributed by atoms with E-state index in [1.807, 2.05) is 25.2 Å². The molecule has 180 valence electrons. The fourth-order valence-corrected chi connectivity index (χ4v) is 4.53. The molecule has 0 radical (unpaired) electrons. The molecule has 3 heterocycles. The number of pyridine rings is 1. The maximum atomic E-state index is 12.1. The van der Waals surface area contributed by atoms with Crippen molar-refractivity contribution in [3.63, 3.8) is 0 Å². The van der Waals surface area contributed by atoms with Gasteiger partial charge in [-0.05, 0) is 57.4 Å². The van der Waals surface area contributed by atoms with Crippen LogP contribution in [-0.2, 0) is 4.79 Å². The Balaban J connectivity index is 1.54. The Morgan fingerprint density at radius 1 is 1.35 bits per heavy atom. The predicted molar refractivity (Wildman–Crippen MR) is 136 cm³/mol. The van der Waals surface area contributed by atoms with E-state index in [-0.39, 0.29) is 23.3 Å². The molecule has 0 saturated carbocycles. The lowest BCUT2D eigenvalue weighted by atomic mass is 9.96. The summed E-state index contributed by atoms with van der Waals surface area (Å²) in [6, 6.07) is 10.5. The van der Waals surface area contributed by atoms with Crippen LogP contribution >= 0.6 is 0 Å². The van der Waals surface area contributed by atoms with Crippen LogP contribution in [0.1, 0.15) is 40.0 Å². The highest BCUT2D eigenvalue weighted by atomic mass is 16.6. The SMILES string of the molecule is CCC(C)(C)Nc1cccnc1N(C)C1CCN(c2cc3cc([N+](=O)[O-])ccc3[nH]2)C(C=O)C1. The van der Waals surface area contributed by atoms with Crippen LogP contribution in [0, 0.1) is 10.1 Å². The molecule has 2 unspecified atom stereocenters. The minimum absolute atomic E-state index is 0.0522. The Bertz CT molecular complexity index is 1190. The summed E-state index contributed by atoms with van der Waals surface area (Å²) in [5, 5.41) is 15.5. The van der Waals surface area contributed by atoms with Crippen molar-refractivity contribution in [2.75, 3.05) is 28.7 Å². The highest BCUT2D eigenvalue weighted by Crippen LogP contribution is 2.33. The smallest absolute Gasteiger partial charge is 0.270 e. The number of benzene rings is 1. The number of aromatic amines is 1. The van der Waals surface area contributed by atoms with E-state index in [0.29, 0.717) is 13.0 Å². The summed E-state index contributed by atoms with van der Waals surface area (Å²) in [6.07, 6.45) is 5.27. The Kier molecular flexibility index (Phi) is 6.45. The second kappa shape index (κ2) is 9.32.